The number of aliphatic carboxylic acids is 1. The van der Waals surface area contributed by atoms with Crippen molar-refractivity contribution in [3.63, 3.8) is 0 Å². The van der Waals surface area contributed by atoms with Crippen LogP contribution in [0.15, 0.2) is 192 Å². The molecular weight excluding hydrogens is 1680 g/mol. The number of amides is 7. The molecule has 0 radical (unpaired) electrons. The standard InChI is InChI=1S/C53H57N7O6.C46H46N6O3.C7H13NO4/c1-30(2)47(57-52(63)65-3)50(61)59-24-8-12-43(59)42-28-37(29-54-42)31-14-16-32(17-15-31)38-21-22-39(46-36-19-18-35(26-36)45(38)46)34-20-23-40-41(27-34)56-49(55-40)44-13-9-25-60(44)51(62)48(58-53(64)66-4)33-10-6-5-7-11-33;1-55-46(54)51-43(29-7-3-2-4-8-29)45(53)52-22-6-10-40(52)38-25-31-16-15-30(24-37(31)49-38)35-20-19-34(41-32-17-18-33(23-32)42(35)41)27-11-13-28(14-12-27)39-26-48-44(50-39)36-9-5-21-47-36;1-4(2)5(6(9)10)8-7(11)12-3/h5-7,10-11,14-17,20-23,27,29-30,35-36,43-44,47-48H,8-9,12-13,18-19,24-26,28H2,1-4H3,(H,55,56)(H,57,63)(H,58,64);2-4,7-8,11-16,19-20,24,26,32-33,36,40,43,47H,5-6,9-10,17-18,21-23,25H2,1H3,(H,48,50)(H,51,54);4-5H,1-3H3,(H,8,11)(H,9,10)/t35?,36?,43-,44+,47+,48+;32?,33?,36-,40-,43-;5-/m100/s1. The first-order chi connectivity index (χ1) is 64.6. The van der Waals surface area contributed by atoms with E-state index in [0.29, 0.717) is 61.3 Å². The summed E-state index contributed by atoms with van der Waals surface area (Å²) in [6, 6.07) is 55.8. The number of hydrogen-bond donors (Lipinski definition) is 8. The molecule has 4 saturated heterocycles. The summed E-state index contributed by atoms with van der Waals surface area (Å²) >= 11 is 0. The summed E-state index contributed by atoms with van der Waals surface area (Å²) in [5, 5.41) is 22.6. The van der Waals surface area contributed by atoms with Crippen molar-refractivity contribution in [1.29, 1.82) is 0 Å². The lowest BCUT2D eigenvalue weighted by molar-refractivity contribution is -0.140. The minimum atomic E-state index is -1.06. The van der Waals surface area contributed by atoms with Crippen molar-refractivity contribution in [1.82, 2.24) is 61.2 Å². The van der Waals surface area contributed by atoms with E-state index in [0.717, 1.165) is 131 Å². The van der Waals surface area contributed by atoms with Gasteiger partial charge in [0.05, 0.1) is 81.2 Å². The Bertz CT molecular complexity index is 6180. The number of likely N-dealkylation sites (tertiary alicyclic amines) is 3. The van der Waals surface area contributed by atoms with Crippen LogP contribution in [0.2, 0.25) is 0 Å². The molecule has 688 valence electrons. The first kappa shape index (κ1) is 90.0. The van der Waals surface area contributed by atoms with Crippen molar-refractivity contribution in [3.8, 4) is 55.8 Å². The molecule has 4 aliphatic carbocycles. The minimum Gasteiger partial charge on any atom is -0.480 e. The summed E-state index contributed by atoms with van der Waals surface area (Å²) in [6.45, 7) is 10.2. The molecule has 8 N–H and O–H groups in total. The number of aliphatic imine (C=N–C) groups is 2. The van der Waals surface area contributed by atoms with Gasteiger partial charge in [0.2, 0.25) is 11.8 Å². The number of nitrogens with zero attached hydrogens (tertiary/aromatic N) is 7. The zero-order chi connectivity index (χ0) is 92.4. The van der Waals surface area contributed by atoms with Crippen LogP contribution in [0.5, 0.6) is 0 Å². The average Bonchev–Trinajstić information content (AvgIpc) is 1.58. The van der Waals surface area contributed by atoms with Gasteiger partial charge in [0, 0.05) is 50.1 Å². The van der Waals surface area contributed by atoms with Crippen LogP contribution in [0.3, 0.4) is 0 Å². The molecule has 8 heterocycles. The molecule has 27 heteroatoms. The maximum Gasteiger partial charge on any atom is 0.407 e. The number of alkyl carbamates (subject to hydrolysis) is 4. The van der Waals surface area contributed by atoms with E-state index >= 15 is 0 Å². The number of allylic oxidation sites excluding steroid dienone is 1. The third kappa shape index (κ3) is 18.4. The largest absolute Gasteiger partial charge is 0.480 e. The van der Waals surface area contributed by atoms with Crippen molar-refractivity contribution in [2.24, 2.45) is 21.8 Å². The van der Waals surface area contributed by atoms with Crippen molar-refractivity contribution in [3.05, 3.63) is 238 Å². The second-order valence-corrected chi connectivity index (χ2v) is 37.4. The number of H-pyrrole nitrogens is 2. The Hall–Kier alpha value is -13.6. The lowest BCUT2D eigenvalue weighted by atomic mass is 9.81. The quantitative estimate of drug-likeness (QED) is 0.0292. The Morgan fingerprint density at radius 2 is 0.902 bits per heavy atom. The molecule has 6 aliphatic heterocycles. The molecule has 10 aliphatic rings. The lowest BCUT2D eigenvalue weighted by Gasteiger charge is -2.31. The molecule has 2 saturated carbocycles. The highest BCUT2D eigenvalue weighted by Gasteiger charge is 2.46. The number of carboxylic acid groups (broad SMARTS) is 1. The van der Waals surface area contributed by atoms with E-state index in [9.17, 15) is 38.4 Å². The molecular formula is C106H116N14O13. The molecule has 4 bridgehead atoms. The Morgan fingerprint density at radius 1 is 0.444 bits per heavy atom. The van der Waals surface area contributed by atoms with Gasteiger partial charge in [-0.25, -0.2) is 33.9 Å². The smallest absolute Gasteiger partial charge is 0.407 e. The van der Waals surface area contributed by atoms with Crippen LogP contribution in [0.1, 0.15) is 228 Å². The highest BCUT2D eigenvalue weighted by molar-refractivity contribution is 6.05. The molecule has 4 unspecified atom stereocenters. The third-order valence-corrected chi connectivity index (χ3v) is 28.9. The number of fused-ring (bicyclic) bond motifs is 12. The molecule has 6 fully saturated rings. The van der Waals surface area contributed by atoms with Crippen LogP contribution in [-0.2, 0) is 44.5 Å². The fourth-order valence-electron chi connectivity index (χ4n) is 22.3. The van der Waals surface area contributed by atoms with Crippen LogP contribution in [0.4, 0.5) is 24.9 Å². The number of aromatic nitrogens is 4. The average molecular weight is 1790 g/mol. The number of ether oxygens (including phenoxy) is 4. The molecule has 10 aromatic rings. The van der Waals surface area contributed by atoms with Crippen LogP contribution >= 0.6 is 0 Å². The van der Waals surface area contributed by atoms with E-state index in [1.54, 1.807) is 13.8 Å². The summed E-state index contributed by atoms with van der Waals surface area (Å²) < 4.78 is 18.9. The maximum atomic E-state index is 14.1. The van der Waals surface area contributed by atoms with Gasteiger partial charge in [0.1, 0.15) is 35.8 Å². The summed E-state index contributed by atoms with van der Waals surface area (Å²) in [5.41, 5.74) is 28.0. The molecule has 2 aromatic heterocycles. The Morgan fingerprint density at radius 3 is 1.41 bits per heavy atom. The lowest BCUT2D eigenvalue weighted by Crippen LogP contribution is -2.53. The predicted octanol–water partition coefficient (Wildman–Crippen LogP) is 18.9. The number of imidazole rings is 2. The summed E-state index contributed by atoms with van der Waals surface area (Å²) in [7, 11) is 5.12. The van der Waals surface area contributed by atoms with Gasteiger partial charge in [-0.2, -0.15) is 0 Å². The minimum absolute atomic E-state index is 0.0848. The highest BCUT2D eigenvalue weighted by Crippen LogP contribution is 2.60. The Balaban J connectivity index is 0.000000160. The van der Waals surface area contributed by atoms with Gasteiger partial charge < -0.3 is 75.3 Å². The fraction of sp³-hybridized carbons (Fsp3) is 0.396. The van der Waals surface area contributed by atoms with Crippen molar-refractivity contribution in [2.45, 2.75) is 202 Å². The number of methoxy groups -OCH3 is 4. The zero-order valence-corrected chi connectivity index (χ0v) is 76.5. The number of nitrogens with one attached hydrogen (secondary N) is 7. The van der Waals surface area contributed by atoms with Gasteiger partial charge in [0.15, 0.2) is 0 Å². The van der Waals surface area contributed by atoms with E-state index in [-0.39, 0.29) is 47.7 Å². The molecule has 133 heavy (non-hydrogen) atoms. The van der Waals surface area contributed by atoms with Crippen LogP contribution in [0.25, 0.3) is 72.4 Å². The van der Waals surface area contributed by atoms with Gasteiger partial charge in [-0.3, -0.25) is 24.4 Å². The molecule has 12 atom stereocenters. The fourth-order valence-corrected chi connectivity index (χ4v) is 22.3. The number of rotatable bonds is 22. The SMILES string of the molecule is COC(=O)N[C@H](C(=O)N1CCC[C@H]1C1=Nc2cc(-c3ccc(-c4ccc(-c5cnc([C@@H]6CCCN6)[nH]5)cc4)c4c3C3CCC4C3)ccc2C1)c1ccccc1.COC(=O)N[C@H](C(=O)N1CCC[C@H]1c1nc2ccc(-c3ccc(-c4ccc(C5=CN=C([C@H]6CCCN6C(=O)[C@@H](NC(=O)OC)C(C)C)C5)cc4)c4c3C3CCC4C3)cc2[nH]1)c1ccccc1.COC(=O)N[C@H](C(=O)O)C(C)C. The normalized spacial score (nSPS) is 21.3. The van der Waals surface area contributed by atoms with Crippen molar-refractivity contribution in [2.75, 3.05) is 54.6 Å². The monoisotopic (exact) mass is 1790 g/mol. The summed E-state index contributed by atoms with van der Waals surface area (Å²) in [4.78, 5) is 133. The summed E-state index contributed by atoms with van der Waals surface area (Å²) in [6.07, 6.45) is 17.4. The van der Waals surface area contributed by atoms with Crippen LogP contribution in [-0.4, -0.2) is 178 Å². The topological polar surface area (TPSA) is 346 Å². The van der Waals surface area contributed by atoms with Gasteiger partial charge in [-0.15, -0.1) is 0 Å². The van der Waals surface area contributed by atoms with Gasteiger partial charge >= 0.3 is 30.3 Å². The first-order valence-corrected chi connectivity index (χ1v) is 47.0. The zero-order valence-electron chi connectivity index (χ0n) is 76.5. The number of benzene rings is 8. The molecule has 20 rings (SSSR count). The maximum absolute atomic E-state index is 14.1. The van der Waals surface area contributed by atoms with E-state index < -0.39 is 54.5 Å². The summed E-state index contributed by atoms with van der Waals surface area (Å²) in [5.74, 6) is 2.30. The van der Waals surface area contributed by atoms with Crippen LogP contribution < -0.4 is 26.6 Å². The number of aromatic amines is 2. The number of carbonyl (C=O) groups excluding carboxylic acids is 7. The number of carbonyl (C=O) groups is 8. The Labute approximate surface area is 774 Å². The van der Waals surface area contributed by atoms with Crippen molar-refractivity contribution < 1.29 is 62.4 Å². The van der Waals surface area contributed by atoms with Gasteiger partial charge in [0.25, 0.3) is 5.91 Å². The molecule has 27 nitrogen and oxygen atoms in total. The van der Waals surface area contributed by atoms with E-state index in [1.807, 2.05) is 102 Å². The van der Waals surface area contributed by atoms with Gasteiger partial charge in [-0.1, -0.05) is 179 Å². The second-order valence-electron chi connectivity index (χ2n) is 37.4. The van der Waals surface area contributed by atoms with E-state index in [2.05, 4.69) is 150 Å². The highest BCUT2D eigenvalue weighted by atomic mass is 16.6. The van der Waals surface area contributed by atoms with E-state index in [4.69, 9.17) is 39.3 Å². The van der Waals surface area contributed by atoms with Crippen LogP contribution in [0, 0.1) is 11.8 Å². The first-order valence-electron chi connectivity index (χ1n) is 47.0. The molecule has 8 aromatic carbocycles. The number of hydrogen-bond acceptors (Lipinski definition) is 17. The molecule has 0 spiro atoms. The predicted molar refractivity (Wildman–Crippen MR) is 510 cm³/mol. The third-order valence-electron chi connectivity index (χ3n) is 28.9. The van der Waals surface area contributed by atoms with Gasteiger partial charge in [-0.05, 0) is 250 Å². The second kappa shape index (κ2) is 39.1. The Kier molecular flexibility index (Phi) is 26.4. The van der Waals surface area contributed by atoms with E-state index in [1.165, 1.54) is 140 Å². The number of carboxylic acids is 1. The molecule has 7 amide bonds. The van der Waals surface area contributed by atoms with Crippen molar-refractivity contribution >= 4 is 81.8 Å².